The normalized spacial score (nSPS) is 15.4. The maximum atomic E-state index is 12.5. The summed E-state index contributed by atoms with van der Waals surface area (Å²) in [5, 5.41) is 36.7. The first-order valence-electron chi connectivity index (χ1n) is 7.11. The number of benzene rings is 1. The minimum absolute atomic E-state index is 0.0599. The van der Waals surface area contributed by atoms with E-state index >= 15 is 0 Å². The maximum absolute atomic E-state index is 12.5. The number of hydrogen-bond acceptors (Lipinski definition) is 5. The summed E-state index contributed by atoms with van der Waals surface area (Å²) in [7, 11) is 0. The number of hydrogen-bond donors (Lipinski definition) is 4. The average molecular weight is 360 g/mol. The summed E-state index contributed by atoms with van der Waals surface area (Å²) in [6, 6.07) is 4.96. The summed E-state index contributed by atoms with van der Waals surface area (Å²) in [4.78, 5) is 57.8. The van der Waals surface area contributed by atoms with Crippen molar-refractivity contribution in [3.63, 3.8) is 0 Å². The third kappa shape index (κ3) is 2.97. The second kappa shape index (κ2) is 6.63. The van der Waals surface area contributed by atoms with Gasteiger partial charge >= 0.3 is 23.9 Å². The average Bonchev–Trinajstić information content (AvgIpc) is 2.59. The van der Waals surface area contributed by atoms with E-state index in [1.54, 1.807) is 0 Å². The van der Waals surface area contributed by atoms with Crippen LogP contribution in [0.5, 0.6) is 0 Å². The third-order valence-corrected chi connectivity index (χ3v) is 3.98. The summed E-state index contributed by atoms with van der Waals surface area (Å²) in [6.07, 6.45) is 0.976. The summed E-state index contributed by atoms with van der Waals surface area (Å²) < 4.78 is 0. The Hall–Kier alpha value is -3.75. The SMILES string of the molecule is O=C(O)C1=CC(C(=O)c2cccc(C(=O)O)c2)=CCC1(C(=O)O)C(=O)O. The molecular weight excluding hydrogens is 348 g/mol. The monoisotopic (exact) mass is 360 g/mol. The highest BCUT2D eigenvalue weighted by Gasteiger charge is 2.53. The lowest BCUT2D eigenvalue weighted by Gasteiger charge is -2.27. The Bertz CT molecular complexity index is 891. The second-order valence-electron chi connectivity index (χ2n) is 5.46. The van der Waals surface area contributed by atoms with Crippen molar-refractivity contribution in [3.05, 3.63) is 58.7 Å². The van der Waals surface area contributed by atoms with Crippen LogP contribution in [0.1, 0.15) is 27.1 Å². The molecule has 4 N–H and O–H groups in total. The number of carbonyl (C=O) groups is 5. The van der Waals surface area contributed by atoms with Crippen molar-refractivity contribution in [2.24, 2.45) is 5.41 Å². The van der Waals surface area contributed by atoms with Gasteiger partial charge in [0.2, 0.25) is 0 Å². The van der Waals surface area contributed by atoms with Gasteiger partial charge in [-0.1, -0.05) is 18.2 Å². The summed E-state index contributed by atoms with van der Waals surface area (Å²) >= 11 is 0. The molecule has 9 nitrogen and oxygen atoms in total. The van der Waals surface area contributed by atoms with Crippen LogP contribution in [-0.2, 0) is 14.4 Å². The molecule has 134 valence electrons. The molecule has 1 aliphatic carbocycles. The minimum Gasteiger partial charge on any atom is -0.480 e. The molecule has 0 aliphatic heterocycles. The number of Topliss-reactive ketones (excluding diaryl/α,β-unsaturated/α-hetero) is 1. The van der Waals surface area contributed by atoms with Crippen LogP contribution in [0.25, 0.3) is 0 Å². The van der Waals surface area contributed by atoms with Gasteiger partial charge in [0.25, 0.3) is 0 Å². The van der Waals surface area contributed by atoms with E-state index in [0.29, 0.717) is 6.08 Å². The first kappa shape index (κ1) is 18.6. The smallest absolute Gasteiger partial charge is 0.335 e. The molecule has 1 aromatic rings. The zero-order valence-corrected chi connectivity index (χ0v) is 13.0. The molecule has 0 unspecified atom stereocenters. The van der Waals surface area contributed by atoms with E-state index in [1.807, 2.05) is 0 Å². The quantitative estimate of drug-likeness (QED) is 0.428. The maximum Gasteiger partial charge on any atom is 0.335 e. The molecule has 0 atom stereocenters. The lowest BCUT2D eigenvalue weighted by Crippen LogP contribution is -2.44. The molecule has 0 saturated carbocycles. The van der Waals surface area contributed by atoms with E-state index in [1.165, 1.54) is 18.2 Å². The number of ketones is 1. The molecule has 0 heterocycles. The summed E-state index contributed by atoms with van der Waals surface area (Å²) in [5.74, 6) is -7.54. The number of carbonyl (C=O) groups excluding carboxylic acids is 1. The van der Waals surface area contributed by atoms with Crippen molar-refractivity contribution in [1.29, 1.82) is 0 Å². The molecule has 2 rings (SSSR count). The van der Waals surface area contributed by atoms with Crippen molar-refractivity contribution >= 4 is 29.7 Å². The number of aromatic carboxylic acids is 1. The molecule has 0 saturated heterocycles. The number of carboxylic acid groups (broad SMARTS) is 4. The highest BCUT2D eigenvalue weighted by atomic mass is 16.4. The van der Waals surface area contributed by atoms with Crippen LogP contribution in [0.3, 0.4) is 0 Å². The van der Waals surface area contributed by atoms with Crippen molar-refractivity contribution in [3.8, 4) is 0 Å². The zero-order valence-electron chi connectivity index (χ0n) is 13.0. The van der Waals surface area contributed by atoms with Gasteiger partial charge in [0.15, 0.2) is 11.2 Å². The Balaban J connectivity index is 2.52. The summed E-state index contributed by atoms with van der Waals surface area (Å²) in [6.45, 7) is 0. The van der Waals surface area contributed by atoms with E-state index < -0.39 is 47.1 Å². The molecule has 0 spiro atoms. The standard InChI is InChI=1S/C17H12O9/c18-12(8-2-1-3-10(6-8)13(19)20)9-4-5-17(15(23)24,16(25)26)11(7-9)14(21)22/h1-4,6-7H,5H2,(H,19,20)(H,21,22)(H,23,24)(H,25,26). The molecule has 1 aliphatic rings. The van der Waals surface area contributed by atoms with Gasteiger partial charge in [-0.15, -0.1) is 0 Å². The van der Waals surface area contributed by atoms with Crippen molar-refractivity contribution in [1.82, 2.24) is 0 Å². The van der Waals surface area contributed by atoms with E-state index in [2.05, 4.69) is 0 Å². The first-order chi connectivity index (χ1) is 12.1. The largest absolute Gasteiger partial charge is 0.480 e. The van der Waals surface area contributed by atoms with E-state index in [0.717, 1.165) is 12.1 Å². The first-order valence-corrected chi connectivity index (χ1v) is 7.11. The lowest BCUT2D eigenvalue weighted by atomic mass is 9.72. The topological polar surface area (TPSA) is 166 Å². The number of aliphatic carboxylic acids is 3. The van der Waals surface area contributed by atoms with Gasteiger partial charge < -0.3 is 20.4 Å². The minimum atomic E-state index is -2.71. The fraction of sp³-hybridized carbons (Fsp3) is 0.118. The molecular formula is C17H12O9. The molecule has 1 aromatic carbocycles. The van der Waals surface area contributed by atoms with E-state index in [-0.39, 0.29) is 16.7 Å². The third-order valence-electron chi connectivity index (χ3n) is 3.98. The van der Waals surface area contributed by atoms with Gasteiger partial charge in [0.05, 0.1) is 11.1 Å². The Kier molecular flexibility index (Phi) is 4.74. The van der Waals surface area contributed by atoms with Crippen LogP contribution in [0.15, 0.2) is 47.6 Å². The van der Waals surface area contributed by atoms with Crippen LogP contribution in [0.4, 0.5) is 0 Å². The van der Waals surface area contributed by atoms with Crippen molar-refractivity contribution in [2.45, 2.75) is 6.42 Å². The van der Waals surface area contributed by atoms with E-state index in [9.17, 15) is 39.3 Å². The molecule has 9 heteroatoms. The van der Waals surface area contributed by atoms with Crippen molar-refractivity contribution < 1.29 is 44.4 Å². The van der Waals surface area contributed by atoms with Gasteiger partial charge in [-0.2, -0.15) is 0 Å². The van der Waals surface area contributed by atoms with Gasteiger partial charge in [-0.3, -0.25) is 14.4 Å². The van der Waals surface area contributed by atoms with Gasteiger partial charge in [-0.05, 0) is 24.6 Å². The van der Waals surface area contributed by atoms with Crippen LogP contribution in [0.2, 0.25) is 0 Å². The highest BCUT2D eigenvalue weighted by Crippen LogP contribution is 2.38. The molecule has 0 fully saturated rings. The number of carboxylic acids is 4. The fourth-order valence-corrected chi connectivity index (χ4v) is 2.57. The second-order valence-corrected chi connectivity index (χ2v) is 5.46. The number of rotatable bonds is 6. The Morgan fingerprint density at radius 3 is 1.92 bits per heavy atom. The Morgan fingerprint density at radius 1 is 0.846 bits per heavy atom. The number of allylic oxidation sites excluding steroid dienone is 3. The zero-order chi connectivity index (χ0) is 19.6. The van der Waals surface area contributed by atoms with Crippen molar-refractivity contribution in [2.75, 3.05) is 0 Å². The van der Waals surface area contributed by atoms with Crippen LogP contribution in [-0.4, -0.2) is 50.1 Å². The molecule has 0 amide bonds. The summed E-state index contributed by atoms with van der Waals surface area (Å²) in [5.41, 5.74) is -4.13. The van der Waals surface area contributed by atoms with Gasteiger partial charge in [0.1, 0.15) is 0 Å². The predicted molar refractivity (Wildman–Crippen MR) is 83.9 cm³/mol. The molecule has 0 radical (unpaired) electrons. The molecule has 26 heavy (non-hydrogen) atoms. The predicted octanol–water partition coefficient (Wildman–Crippen LogP) is 1.06. The molecule has 0 bridgehead atoms. The Morgan fingerprint density at radius 2 is 1.42 bits per heavy atom. The van der Waals surface area contributed by atoms with Crippen LogP contribution >= 0.6 is 0 Å². The molecule has 0 aromatic heterocycles. The highest BCUT2D eigenvalue weighted by molar-refractivity contribution is 6.16. The fourth-order valence-electron chi connectivity index (χ4n) is 2.57. The van der Waals surface area contributed by atoms with Gasteiger partial charge in [0, 0.05) is 11.1 Å². The van der Waals surface area contributed by atoms with Gasteiger partial charge in [-0.25, -0.2) is 9.59 Å². The van der Waals surface area contributed by atoms with E-state index in [4.69, 9.17) is 5.11 Å². The Labute approximate surface area is 145 Å². The van der Waals surface area contributed by atoms with Crippen LogP contribution < -0.4 is 0 Å². The van der Waals surface area contributed by atoms with Crippen LogP contribution in [0, 0.1) is 5.41 Å². The lowest BCUT2D eigenvalue weighted by molar-refractivity contribution is -0.163.